The van der Waals surface area contributed by atoms with Crippen LogP contribution in [0, 0.1) is 12.8 Å². The first-order valence-corrected chi connectivity index (χ1v) is 7.27. The topological polar surface area (TPSA) is 38.3 Å². The molecule has 2 aromatic rings. The summed E-state index contributed by atoms with van der Waals surface area (Å²) in [5, 5.41) is 3.02. The third-order valence-corrected chi connectivity index (χ3v) is 3.96. The lowest BCUT2D eigenvalue weighted by molar-refractivity contribution is -0.126. The van der Waals surface area contributed by atoms with Crippen LogP contribution in [0.3, 0.4) is 0 Å². The summed E-state index contributed by atoms with van der Waals surface area (Å²) >= 11 is 0. The molecule has 1 heterocycles. The van der Waals surface area contributed by atoms with E-state index in [4.69, 9.17) is 4.74 Å². The van der Waals surface area contributed by atoms with Gasteiger partial charge in [-0.2, -0.15) is 0 Å². The van der Waals surface area contributed by atoms with Crippen LogP contribution in [0.2, 0.25) is 0 Å². The molecule has 1 N–H and O–H groups in total. The number of hydrogen-bond donors (Lipinski definition) is 1. The van der Waals surface area contributed by atoms with E-state index in [1.165, 1.54) is 5.56 Å². The zero-order chi connectivity index (χ0) is 14.7. The summed E-state index contributed by atoms with van der Waals surface area (Å²) < 4.78 is 5.67. The van der Waals surface area contributed by atoms with Crippen LogP contribution in [0.15, 0.2) is 48.5 Å². The molecule has 1 amide bonds. The Morgan fingerprint density at radius 2 is 1.95 bits per heavy atom. The third-order valence-electron chi connectivity index (χ3n) is 3.96. The van der Waals surface area contributed by atoms with Crippen molar-refractivity contribution >= 4 is 5.91 Å². The highest BCUT2D eigenvalue weighted by molar-refractivity contribution is 5.79. The zero-order valence-electron chi connectivity index (χ0n) is 12.1. The average Bonchev–Trinajstić information content (AvgIpc) is 2.53. The number of fused-ring (bicyclic) bond motifs is 1. The fraction of sp³-hybridized carbons (Fsp3) is 0.278. The van der Waals surface area contributed by atoms with E-state index < -0.39 is 0 Å². The van der Waals surface area contributed by atoms with Crippen LogP contribution in [0.1, 0.15) is 16.7 Å². The Kier molecular flexibility index (Phi) is 3.91. The molecule has 21 heavy (non-hydrogen) atoms. The predicted molar refractivity (Wildman–Crippen MR) is 82.2 cm³/mol. The van der Waals surface area contributed by atoms with E-state index >= 15 is 0 Å². The van der Waals surface area contributed by atoms with Crippen molar-refractivity contribution in [2.45, 2.75) is 19.9 Å². The maximum absolute atomic E-state index is 12.3. The molecule has 1 atom stereocenters. The van der Waals surface area contributed by atoms with Crippen LogP contribution in [0.25, 0.3) is 0 Å². The normalized spacial score (nSPS) is 16.7. The number of rotatable bonds is 3. The molecular formula is C18H19NO2. The minimum Gasteiger partial charge on any atom is -0.492 e. The van der Waals surface area contributed by atoms with E-state index in [1.54, 1.807) is 0 Å². The fourth-order valence-electron chi connectivity index (χ4n) is 2.63. The molecule has 3 heteroatoms. The molecule has 3 nitrogen and oxygen atoms in total. The lowest BCUT2D eigenvalue weighted by Gasteiger charge is -2.24. The minimum atomic E-state index is -0.107. The number of nitrogens with one attached hydrogen (secondary N) is 1. The van der Waals surface area contributed by atoms with Gasteiger partial charge in [-0.05, 0) is 36.1 Å². The number of aryl methyl sites for hydroxylation is 1. The Balaban J connectivity index is 1.61. The first-order chi connectivity index (χ1) is 10.2. The molecule has 0 radical (unpaired) electrons. The van der Waals surface area contributed by atoms with Crippen molar-refractivity contribution in [1.29, 1.82) is 0 Å². The number of hydrogen-bond acceptors (Lipinski definition) is 2. The van der Waals surface area contributed by atoms with Crippen LogP contribution in [-0.4, -0.2) is 12.5 Å². The molecule has 0 fully saturated rings. The van der Waals surface area contributed by atoms with Gasteiger partial charge in [0.25, 0.3) is 0 Å². The number of para-hydroxylation sites is 1. The summed E-state index contributed by atoms with van der Waals surface area (Å²) in [4.78, 5) is 12.3. The monoisotopic (exact) mass is 281 g/mol. The Morgan fingerprint density at radius 3 is 2.81 bits per heavy atom. The van der Waals surface area contributed by atoms with Gasteiger partial charge in [-0.3, -0.25) is 4.79 Å². The largest absolute Gasteiger partial charge is 0.492 e. The lowest BCUT2D eigenvalue weighted by atomic mass is 9.96. The Hall–Kier alpha value is -2.29. The molecule has 108 valence electrons. The molecule has 2 aromatic carbocycles. The predicted octanol–water partition coefficient (Wildman–Crippen LogP) is 2.86. The molecule has 0 saturated heterocycles. The van der Waals surface area contributed by atoms with Gasteiger partial charge in [0.15, 0.2) is 0 Å². The number of carbonyl (C=O) groups is 1. The first kappa shape index (κ1) is 13.7. The molecular weight excluding hydrogens is 262 g/mol. The van der Waals surface area contributed by atoms with Gasteiger partial charge < -0.3 is 10.1 Å². The van der Waals surface area contributed by atoms with Crippen molar-refractivity contribution in [3.63, 3.8) is 0 Å². The van der Waals surface area contributed by atoms with E-state index in [0.29, 0.717) is 13.2 Å². The van der Waals surface area contributed by atoms with E-state index in [-0.39, 0.29) is 11.8 Å². The summed E-state index contributed by atoms with van der Waals surface area (Å²) in [6.45, 7) is 3.09. The Labute approximate surface area is 124 Å². The second-order valence-corrected chi connectivity index (χ2v) is 5.46. The molecule has 0 spiro atoms. The minimum absolute atomic E-state index is 0.0627. The second kappa shape index (κ2) is 6.00. The molecule has 0 aromatic heterocycles. The molecule has 0 bridgehead atoms. The number of benzene rings is 2. The highest BCUT2D eigenvalue weighted by Gasteiger charge is 2.25. The quantitative estimate of drug-likeness (QED) is 0.939. The second-order valence-electron chi connectivity index (χ2n) is 5.46. The lowest BCUT2D eigenvalue weighted by Crippen LogP contribution is -2.37. The summed E-state index contributed by atoms with van der Waals surface area (Å²) in [6, 6.07) is 16.0. The van der Waals surface area contributed by atoms with Gasteiger partial charge in [0.1, 0.15) is 12.4 Å². The smallest absolute Gasteiger partial charge is 0.227 e. The summed E-state index contributed by atoms with van der Waals surface area (Å²) in [5.74, 6) is 0.858. The molecule has 1 aliphatic heterocycles. The van der Waals surface area contributed by atoms with Crippen LogP contribution in [0.4, 0.5) is 0 Å². The van der Waals surface area contributed by atoms with E-state index in [0.717, 1.165) is 23.3 Å². The maximum Gasteiger partial charge on any atom is 0.227 e. The molecule has 0 saturated carbocycles. The van der Waals surface area contributed by atoms with Gasteiger partial charge in [0.2, 0.25) is 5.91 Å². The fourth-order valence-corrected chi connectivity index (χ4v) is 2.63. The highest BCUT2D eigenvalue weighted by Crippen LogP contribution is 2.26. The number of ether oxygens (including phenoxy) is 1. The van der Waals surface area contributed by atoms with Gasteiger partial charge in [0.05, 0.1) is 5.92 Å². The van der Waals surface area contributed by atoms with Crippen molar-refractivity contribution < 1.29 is 9.53 Å². The van der Waals surface area contributed by atoms with Crippen molar-refractivity contribution in [2.24, 2.45) is 5.92 Å². The standard InChI is InChI=1S/C18H19NO2/c1-13-6-2-3-8-15(13)11-19-18(20)16-10-14-7-4-5-9-17(14)21-12-16/h2-9,16H,10-12H2,1H3,(H,19,20)/t16-/m1/s1. The highest BCUT2D eigenvalue weighted by atomic mass is 16.5. The van der Waals surface area contributed by atoms with Crippen LogP contribution in [-0.2, 0) is 17.8 Å². The van der Waals surface area contributed by atoms with Crippen LogP contribution in [0.5, 0.6) is 5.75 Å². The molecule has 3 rings (SSSR count). The van der Waals surface area contributed by atoms with E-state index in [2.05, 4.69) is 18.3 Å². The molecule has 1 aliphatic rings. The zero-order valence-corrected chi connectivity index (χ0v) is 12.1. The summed E-state index contributed by atoms with van der Waals surface area (Å²) in [5.41, 5.74) is 3.46. The van der Waals surface area contributed by atoms with Crippen molar-refractivity contribution in [1.82, 2.24) is 5.32 Å². The van der Waals surface area contributed by atoms with Crippen LogP contribution >= 0.6 is 0 Å². The van der Waals surface area contributed by atoms with Gasteiger partial charge in [0, 0.05) is 6.54 Å². The van der Waals surface area contributed by atoms with Gasteiger partial charge >= 0.3 is 0 Å². The van der Waals surface area contributed by atoms with Gasteiger partial charge in [-0.15, -0.1) is 0 Å². The molecule has 0 aliphatic carbocycles. The first-order valence-electron chi connectivity index (χ1n) is 7.27. The average molecular weight is 281 g/mol. The van der Waals surface area contributed by atoms with Crippen molar-refractivity contribution in [2.75, 3.05) is 6.61 Å². The van der Waals surface area contributed by atoms with E-state index in [1.807, 2.05) is 42.5 Å². The van der Waals surface area contributed by atoms with E-state index in [9.17, 15) is 4.79 Å². The summed E-state index contributed by atoms with van der Waals surface area (Å²) in [6.07, 6.45) is 0.746. The molecule has 0 unspecified atom stereocenters. The Morgan fingerprint density at radius 1 is 1.19 bits per heavy atom. The SMILES string of the molecule is Cc1ccccc1CNC(=O)[C@H]1COc2ccccc2C1. The van der Waals surface area contributed by atoms with Gasteiger partial charge in [-0.25, -0.2) is 0 Å². The number of amides is 1. The third kappa shape index (κ3) is 3.07. The number of carbonyl (C=O) groups excluding carboxylic acids is 1. The van der Waals surface area contributed by atoms with Crippen molar-refractivity contribution in [3.05, 3.63) is 65.2 Å². The van der Waals surface area contributed by atoms with Crippen molar-refractivity contribution in [3.8, 4) is 5.75 Å². The maximum atomic E-state index is 12.3. The Bertz CT molecular complexity index is 651. The van der Waals surface area contributed by atoms with Gasteiger partial charge in [-0.1, -0.05) is 42.5 Å². The van der Waals surface area contributed by atoms with Crippen LogP contribution < -0.4 is 10.1 Å². The summed E-state index contributed by atoms with van der Waals surface area (Å²) in [7, 11) is 0.